The number of hydrazone groups is 1. The third kappa shape index (κ3) is 5.93. The van der Waals surface area contributed by atoms with Gasteiger partial charge in [-0.15, -0.1) is 0 Å². The monoisotopic (exact) mass is 458 g/mol. The molecule has 0 saturated heterocycles. The molecular weight excluding hydrogens is 439 g/mol. The lowest BCUT2D eigenvalue weighted by molar-refractivity contribution is 0.275. The molecule has 6 nitrogen and oxygen atoms in total. The minimum Gasteiger partial charge on any atom is -0.490 e. The van der Waals surface area contributed by atoms with E-state index >= 15 is 0 Å². The van der Waals surface area contributed by atoms with Gasteiger partial charge >= 0.3 is 0 Å². The summed E-state index contributed by atoms with van der Waals surface area (Å²) in [6, 6.07) is 7.91. The second-order valence-corrected chi connectivity index (χ2v) is 7.93. The lowest BCUT2D eigenvalue weighted by atomic mass is 10.2. The average molecular weight is 459 g/mol. The molecule has 1 N–H and O–H groups in total. The number of ether oxygens (including phenoxy) is 2. The van der Waals surface area contributed by atoms with Crippen molar-refractivity contribution in [2.75, 3.05) is 13.2 Å². The van der Waals surface area contributed by atoms with Crippen LogP contribution in [0.4, 0.5) is 4.39 Å². The van der Waals surface area contributed by atoms with Crippen LogP contribution in [-0.2, 0) is 10.0 Å². The summed E-state index contributed by atoms with van der Waals surface area (Å²) in [5, 5.41) is 3.77. The summed E-state index contributed by atoms with van der Waals surface area (Å²) in [6.45, 7) is 4.86. The Kier molecular flexibility index (Phi) is 7.61. The van der Waals surface area contributed by atoms with Gasteiger partial charge in [-0.3, -0.25) is 0 Å². The van der Waals surface area contributed by atoms with Crippen molar-refractivity contribution in [2.24, 2.45) is 5.10 Å². The number of halogens is 2. The van der Waals surface area contributed by atoms with Crippen molar-refractivity contribution in [3.63, 3.8) is 0 Å². The van der Waals surface area contributed by atoms with Crippen molar-refractivity contribution in [3.05, 3.63) is 52.3 Å². The van der Waals surface area contributed by atoms with Gasteiger partial charge in [0, 0.05) is 0 Å². The molecule has 0 fully saturated rings. The molecule has 2 aromatic rings. The second kappa shape index (κ2) is 9.70. The molecule has 27 heavy (non-hydrogen) atoms. The number of rotatable bonds is 9. The minimum atomic E-state index is -3.88. The van der Waals surface area contributed by atoms with Gasteiger partial charge in [-0.25, -0.2) is 9.22 Å². The highest BCUT2D eigenvalue weighted by molar-refractivity contribution is 9.10. The fourth-order valence-electron chi connectivity index (χ4n) is 2.11. The first-order valence-electron chi connectivity index (χ1n) is 8.27. The zero-order valence-corrected chi connectivity index (χ0v) is 17.3. The predicted molar refractivity (Wildman–Crippen MR) is 105 cm³/mol. The molecule has 0 aromatic heterocycles. The highest BCUT2D eigenvalue weighted by Gasteiger charge is 2.14. The Bertz CT molecular complexity index is 902. The summed E-state index contributed by atoms with van der Waals surface area (Å²) < 4.78 is 49.2. The van der Waals surface area contributed by atoms with E-state index in [1.54, 1.807) is 12.1 Å². The summed E-state index contributed by atoms with van der Waals surface area (Å²) in [6.07, 6.45) is 2.20. The molecule has 146 valence electrons. The van der Waals surface area contributed by atoms with E-state index in [1.165, 1.54) is 6.21 Å². The van der Waals surface area contributed by atoms with Crippen LogP contribution in [0.1, 0.15) is 25.8 Å². The van der Waals surface area contributed by atoms with Crippen LogP contribution < -0.4 is 14.3 Å². The van der Waals surface area contributed by atoms with E-state index in [-0.39, 0.29) is 4.90 Å². The number of nitrogens with zero attached hydrogens (tertiary/aromatic N) is 1. The number of nitrogens with one attached hydrogen (secondary N) is 1. The first-order chi connectivity index (χ1) is 12.9. The van der Waals surface area contributed by atoms with Crippen LogP contribution in [0.15, 0.2) is 50.9 Å². The SMILES string of the molecule is CCCOc1c(Br)cc(/C=N/NS(=O)(=O)c2ccc(F)cc2)cc1OCC. The van der Waals surface area contributed by atoms with E-state index in [2.05, 4.69) is 25.9 Å². The fraction of sp³-hybridized carbons (Fsp3) is 0.278. The zero-order valence-electron chi connectivity index (χ0n) is 14.9. The van der Waals surface area contributed by atoms with Crippen LogP contribution >= 0.6 is 15.9 Å². The molecule has 0 spiro atoms. The number of hydrogen-bond acceptors (Lipinski definition) is 5. The van der Waals surface area contributed by atoms with Gasteiger partial charge in [-0.1, -0.05) is 6.92 Å². The van der Waals surface area contributed by atoms with Gasteiger partial charge in [0.1, 0.15) is 5.82 Å². The summed E-state index contributed by atoms with van der Waals surface area (Å²) in [5.74, 6) is 0.599. The molecule has 0 aliphatic heterocycles. The highest BCUT2D eigenvalue weighted by Crippen LogP contribution is 2.36. The van der Waals surface area contributed by atoms with Crippen LogP contribution in [0, 0.1) is 5.82 Å². The molecule has 0 aliphatic rings. The van der Waals surface area contributed by atoms with Gasteiger partial charge in [0.25, 0.3) is 10.0 Å². The summed E-state index contributed by atoms with van der Waals surface area (Å²) in [7, 11) is -3.88. The Morgan fingerprint density at radius 2 is 1.89 bits per heavy atom. The largest absolute Gasteiger partial charge is 0.490 e. The molecule has 0 amide bonds. The van der Waals surface area contributed by atoms with Crippen molar-refractivity contribution >= 4 is 32.2 Å². The van der Waals surface area contributed by atoms with Gasteiger partial charge in [0.15, 0.2) is 11.5 Å². The Morgan fingerprint density at radius 3 is 2.52 bits per heavy atom. The molecule has 0 heterocycles. The van der Waals surface area contributed by atoms with Crippen molar-refractivity contribution in [3.8, 4) is 11.5 Å². The topological polar surface area (TPSA) is 77.0 Å². The van der Waals surface area contributed by atoms with Crippen molar-refractivity contribution < 1.29 is 22.3 Å². The molecule has 0 atom stereocenters. The maximum atomic E-state index is 12.9. The van der Waals surface area contributed by atoms with E-state index in [0.29, 0.717) is 34.7 Å². The molecular formula is C18H20BrFN2O4S. The molecule has 2 aromatic carbocycles. The minimum absolute atomic E-state index is 0.0828. The Hall–Kier alpha value is -2.13. The third-order valence-corrected chi connectivity index (χ3v) is 5.12. The van der Waals surface area contributed by atoms with Gasteiger partial charge in [0.2, 0.25) is 0 Å². The first-order valence-corrected chi connectivity index (χ1v) is 10.5. The quantitative estimate of drug-likeness (QED) is 0.453. The lowest BCUT2D eigenvalue weighted by Gasteiger charge is -2.14. The number of hydrogen-bond donors (Lipinski definition) is 1. The molecule has 0 bridgehead atoms. The van der Waals surface area contributed by atoms with Crippen molar-refractivity contribution in [1.82, 2.24) is 4.83 Å². The van der Waals surface area contributed by atoms with Crippen LogP contribution in [0.3, 0.4) is 0 Å². The second-order valence-electron chi connectivity index (χ2n) is 5.42. The van der Waals surface area contributed by atoms with Gasteiger partial charge < -0.3 is 9.47 Å². The Labute approximate surface area is 166 Å². The normalized spacial score (nSPS) is 11.6. The van der Waals surface area contributed by atoms with Crippen molar-refractivity contribution in [1.29, 1.82) is 0 Å². The Morgan fingerprint density at radius 1 is 1.19 bits per heavy atom. The number of benzene rings is 2. The third-order valence-electron chi connectivity index (χ3n) is 3.29. The van der Waals surface area contributed by atoms with Gasteiger partial charge in [-0.2, -0.15) is 13.5 Å². The molecule has 0 unspecified atom stereocenters. The summed E-state index contributed by atoms with van der Waals surface area (Å²) >= 11 is 3.43. The zero-order chi connectivity index (χ0) is 19.9. The standard InChI is InChI=1S/C18H20BrFN2O4S/c1-3-9-26-18-16(19)10-13(11-17(18)25-4-2)12-21-22-27(23,24)15-7-5-14(20)6-8-15/h5-8,10-12,22H,3-4,9H2,1-2H3/b21-12+. The lowest BCUT2D eigenvalue weighted by Crippen LogP contribution is -2.18. The van der Waals surface area contributed by atoms with E-state index < -0.39 is 15.8 Å². The van der Waals surface area contributed by atoms with E-state index in [1.807, 2.05) is 13.8 Å². The smallest absolute Gasteiger partial charge is 0.276 e. The van der Waals surface area contributed by atoms with E-state index in [0.717, 1.165) is 30.7 Å². The molecule has 2 rings (SSSR count). The van der Waals surface area contributed by atoms with E-state index in [4.69, 9.17) is 9.47 Å². The maximum absolute atomic E-state index is 12.9. The molecule has 0 aliphatic carbocycles. The van der Waals surface area contributed by atoms with Gasteiger partial charge in [-0.05, 0) is 71.2 Å². The van der Waals surface area contributed by atoms with Gasteiger partial charge in [0.05, 0.1) is 28.8 Å². The predicted octanol–water partition coefficient (Wildman–Crippen LogP) is 4.09. The average Bonchev–Trinajstić information content (AvgIpc) is 2.61. The first kappa shape index (κ1) is 21.2. The Balaban J connectivity index is 2.19. The van der Waals surface area contributed by atoms with E-state index in [9.17, 15) is 12.8 Å². The molecule has 0 radical (unpaired) electrons. The fourth-order valence-corrected chi connectivity index (χ4v) is 3.47. The number of sulfonamides is 1. The van der Waals surface area contributed by atoms with Crippen LogP contribution in [0.5, 0.6) is 11.5 Å². The summed E-state index contributed by atoms with van der Waals surface area (Å²) in [4.78, 5) is 2.01. The highest BCUT2D eigenvalue weighted by atomic mass is 79.9. The summed E-state index contributed by atoms with van der Waals surface area (Å²) in [5.41, 5.74) is 0.607. The van der Waals surface area contributed by atoms with Crippen molar-refractivity contribution in [2.45, 2.75) is 25.2 Å². The van der Waals surface area contributed by atoms with Crippen LogP contribution in [-0.4, -0.2) is 27.8 Å². The van der Waals surface area contributed by atoms with Crippen LogP contribution in [0.2, 0.25) is 0 Å². The molecule has 9 heteroatoms. The molecule has 0 saturated carbocycles. The van der Waals surface area contributed by atoms with Crippen LogP contribution in [0.25, 0.3) is 0 Å². The maximum Gasteiger partial charge on any atom is 0.276 e.